The van der Waals surface area contributed by atoms with Crippen molar-refractivity contribution in [1.29, 1.82) is 0 Å². The van der Waals surface area contributed by atoms with Crippen molar-refractivity contribution in [2.45, 2.75) is 32.6 Å². The first kappa shape index (κ1) is 10.4. The number of hydrogen-bond acceptors (Lipinski definition) is 3. The summed E-state index contributed by atoms with van der Waals surface area (Å²) in [6.07, 6.45) is 4.12. The first-order valence-corrected chi connectivity index (χ1v) is 6.55. The summed E-state index contributed by atoms with van der Waals surface area (Å²) < 4.78 is 10.6. The number of ether oxygens (including phenoxy) is 2. The van der Waals surface area contributed by atoms with Gasteiger partial charge in [0.05, 0.1) is 0 Å². The van der Waals surface area contributed by atoms with Gasteiger partial charge in [-0.15, -0.1) is 0 Å². The average Bonchev–Trinajstić information content (AvgIpc) is 3.18. The molecule has 1 heterocycles. The van der Waals surface area contributed by atoms with E-state index < -0.39 is 0 Å². The largest absolute Gasteiger partial charge is 0.454 e. The summed E-state index contributed by atoms with van der Waals surface area (Å²) in [4.78, 5) is 12.4. The molecule has 0 amide bonds. The SMILES string of the molecule is CC1(C(=O)Cc2ccc3c(c2)OCO3)CC12CC2. The van der Waals surface area contributed by atoms with Crippen LogP contribution in [0.1, 0.15) is 31.7 Å². The lowest BCUT2D eigenvalue weighted by molar-refractivity contribution is -0.123. The molecule has 94 valence electrons. The van der Waals surface area contributed by atoms with Crippen LogP contribution in [0.15, 0.2) is 18.2 Å². The predicted octanol–water partition coefficient (Wildman–Crippen LogP) is 2.72. The van der Waals surface area contributed by atoms with Crippen LogP contribution in [0.25, 0.3) is 0 Å². The van der Waals surface area contributed by atoms with Crippen LogP contribution in [0, 0.1) is 10.8 Å². The quantitative estimate of drug-likeness (QED) is 0.820. The van der Waals surface area contributed by atoms with Gasteiger partial charge in [0.15, 0.2) is 11.5 Å². The molecule has 1 unspecified atom stereocenters. The maximum absolute atomic E-state index is 12.4. The zero-order chi connectivity index (χ0) is 12.4. The van der Waals surface area contributed by atoms with Gasteiger partial charge in [0.2, 0.25) is 6.79 Å². The Labute approximate surface area is 106 Å². The minimum absolute atomic E-state index is 0.0383. The van der Waals surface area contributed by atoms with E-state index in [1.807, 2.05) is 18.2 Å². The van der Waals surface area contributed by atoms with Gasteiger partial charge in [-0.2, -0.15) is 0 Å². The molecule has 2 saturated carbocycles. The third kappa shape index (κ3) is 1.27. The summed E-state index contributed by atoms with van der Waals surface area (Å²) in [6, 6.07) is 5.80. The third-order valence-corrected chi connectivity index (χ3v) is 5.01. The van der Waals surface area contributed by atoms with Crippen LogP contribution in [0.4, 0.5) is 0 Å². The molecule has 0 radical (unpaired) electrons. The average molecular weight is 244 g/mol. The molecule has 1 spiro atoms. The van der Waals surface area contributed by atoms with Crippen molar-refractivity contribution < 1.29 is 14.3 Å². The number of carbonyl (C=O) groups is 1. The van der Waals surface area contributed by atoms with Gasteiger partial charge in [-0.3, -0.25) is 4.79 Å². The van der Waals surface area contributed by atoms with Gasteiger partial charge in [-0.05, 0) is 42.4 Å². The Kier molecular flexibility index (Phi) is 1.78. The summed E-state index contributed by atoms with van der Waals surface area (Å²) in [6.45, 7) is 2.42. The molecule has 0 N–H and O–H groups in total. The molecule has 18 heavy (non-hydrogen) atoms. The Balaban J connectivity index is 1.53. The van der Waals surface area contributed by atoms with Crippen molar-refractivity contribution in [2.75, 3.05) is 6.79 Å². The summed E-state index contributed by atoms with van der Waals surface area (Å²) >= 11 is 0. The van der Waals surface area contributed by atoms with Crippen LogP contribution in [0.5, 0.6) is 11.5 Å². The smallest absolute Gasteiger partial charge is 0.231 e. The summed E-state index contributed by atoms with van der Waals surface area (Å²) in [5.74, 6) is 1.93. The number of Topliss-reactive ketones (excluding diaryl/α,β-unsaturated/α-hetero) is 1. The number of rotatable bonds is 3. The van der Waals surface area contributed by atoms with Crippen molar-refractivity contribution in [3.05, 3.63) is 23.8 Å². The highest BCUT2D eigenvalue weighted by Gasteiger charge is 2.73. The Morgan fingerprint density at radius 2 is 2.06 bits per heavy atom. The van der Waals surface area contributed by atoms with Crippen LogP contribution in [-0.2, 0) is 11.2 Å². The monoisotopic (exact) mass is 244 g/mol. The molecule has 3 heteroatoms. The molecule has 0 bridgehead atoms. The molecule has 4 rings (SSSR count). The van der Waals surface area contributed by atoms with E-state index in [2.05, 4.69) is 6.92 Å². The third-order valence-electron chi connectivity index (χ3n) is 5.01. The van der Waals surface area contributed by atoms with Gasteiger partial charge < -0.3 is 9.47 Å². The van der Waals surface area contributed by atoms with Crippen LogP contribution in [-0.4, -0.2) is 12.6 Å². The van der Waals surface area contributed by atoms with Gasteiger partial charge in [0.25, 0.3) is 0 Å². The Hall–Kier alpha value is -1.51. The second-order valence-corrected chi connectivity index (χ2v) is 6.08. The van der Waals surface area contributed by atoms with Crippen LogP contribution < -0.4 is 9.47 Å². The van der Waals surface area contributed by atoms with Gasteiger partial charge in [0.1, 0.15) is 5.78 Å². The molecule has 3 nitrogen and oxygen atoms in total. The highest BCUT2D eigenvalue weighted by molar-refractivity contribution is 5.91. The fourth-order valence-corrected chi connectivity index (χ4v) is 3.34. The molecular formula is C15H16O3. The molecule has 2 fully saturated rings. The van der Waals surface area contributed by atoms with Gasteiger partial charge in [0, 0.05) is 11.8 Å². The van der Waals surface area contributed by atoms with Crippen molar-refractivity contribution >= 4 is 5.78 Å². The minimum Gasteiger partial charge on any atom is -0.454 e. The lowest BCUT2D eigenvalue weighted by atomic mass is 9.93. The predicted molar refractivity (Wildman–Crippen MR) is 65.7 cm³/mol. The van der Waals surface area contributed by atoms with Crippen molar-refractivity contribution in [3.8, 4) is 11.5 Å². The lowest BCUT2D eigenvalue weighted by Gasteiger charge is -2.09. The molecule has 0 saturated heterocycles. The normalized spacial score (nSPS) is 29.4. The fraction of sp³-hybridized carbons (Fsp3) is 0.533. The lowest BCUT2D eigenvalue weighted by Crippen LogP contribution is -2.17. The number of carbonyl (C=O) groups excluding carboxylic acids is 1. The zero-order valence-electron chi connectivity index (χ0n) is 10.5. The molecule has 1 aromatic carbocycles. The van der Waals surface area contributed by atoms with E-state index >= 15 is 0 Å². The van der Waals surface area contributed by atoms with E-state index in [4.69, 9.17) is 9.47 Å². The maximum atomic E-state index is 12.4. The van der Waals surface area contributed by atoms with Crippen molar-refractivity contribution in [2.24, 2.45) is 10.8 Å². The van der Waals surface area contributed by atoms with E-state index in [0.717, 1.165) is 23.5 Å². The van der Waals surface area contributed by atoms with Crippen LogP contribution >= 0.6 is 0 Å². The molecule has 3 aliphatic rings. The van der Waals surface area contributed by atoms with Crippen LogP contribution in [0.3, 0.4) is 0 Å². The van der Waals surface area contributed by atoms with Crippen molar-refractivity contribution in [3.63, 3.8) is 0 Å². The fourth-order valence-electron chi connectivity index (χ4n) is 3.34. The second kappa shape index (κ2) is 3.08. The minimum atomic E-state index is -0.0383. The van der Waals surface area contributed by atoms with Gasteiger partial charge >= 0.3 is 0 Å². The Morgan fingerprint density at radius 1 is 1.28 bits per heavy atom. The first-order valence-electron chi connectivity index (χ1n) is 6.55. The molecule has 1 aliphatic heterocycles. The molecule has 2 aliphatic carbocycles. The molecule has 1 aromatic rings. The first-order chi connectivity index (χ1) is 8.63. The number of ketones is 1. The topological polar surface area (TPSA) is 35.5 Å². The maximum Gasteiger partial charge on any atom is 0.231 e. The number of fused-ring (bicyclic) bond motifs is 1. The summed E-state index contributed by atoms with van der Waals surface area (Å²) in [7, 11) is 0. The number of hydrogen-bond donors (Lipinski definition) is 0. The van der Waals surface area contributed by atoms with E-state index in [1.54, 1.807) is 0 Å². The highest BCUT2D eigenvalue weighted by atomic mass is 16.7. The van der Waals surface area contributed by atoms with E-state index in [-0.39, 0.29) is 12.2 Å². The summed E-state index contributed by atoms with van der Waals surface area (Å²) in [5.41, 5.74) is 1.40. The Bertz CT molecular complexity index is 545. The summed E-state index contributed by atoms with van der Waals surface area (Å²) in [5, 5.41) is 0. The van der Waals surface area contributed by atoms with Crippen molar-refractivity contribution in [1.82, 2.24) is 0 Å². The molecule has 1 atom stereocenters. The van der Waals surface area contributed by atoms with Crippen LogP contribution in [0.2, 0.25) is 0 Å². The van der Waals surface area contributed by atoms with E-state index in [0.29, 0.717) is 17.6 Å². The Morgan fingerprint density at radius 3 is 2.78 bits per heavy atom. The highest BCUT2D eigenvalue weighted by Crippen LogP contribution is 2.78. The van der Waals surface area contributed by atoms with Gasteiger partial charge in [-0.1, -0.05) is 13.0 Å². The van der Waals surface area contributed by atoms with Gasteiger partial charge in [-0.25, -0.2) is 0 Å². The molecule has 0 aromatic heterocycles. The van der Waals surface area contributed by atoms with E-state index in [1.165, 1.54) is 12.8 Å². The number of benzene rings is 1. The van der Waals surface area contributed by atoms with E-state index in [9.17, 15) is 4.79 Å². The molecular weight excluding hydrogens is 228 g/mol. The second-order valence-electron chi connectivity index (χ2n) is 6.08. The zero-order valence-corrected chi connectivity index (χ0v) is 10.5. The standard InChI is InChI=1S/C15H16O3/c1-14(8-15(14)4-5-15)13(16)7-10-2-3-11-12(6-10)18-9-17-11/h2-3,6H,4-5,7-9H2,1H3.